The number of ether oxygens (including phenoxy) is 1. The number of nitrogens with one attached hydrogen (secondary N) is 1. The Hall–Kier alpha value is -3.65. The first-order valence-electron chi connectivity index (χ1n) is 8.92. The number of fused-ring (bicyclic) bond motifs is 3. The Morgan fingerprint density at radius 3 is 2.39 bits per heavy atom. The van der Waals surface area contributed by atoms with Gasteiger partial charge >= 0.3 is 6.09 Å². The van der Waals surface area contributed by atoms with Gasteiger partial charge in [-0.2, -0.15) is 4.39 Å². The molecule has 1 N–H and O–H groups in total. The van der Waals surface area contributed by atoms with E-state index in [1.54, 1.807) is 6.07 Å². The summed E-state index contributed by atoms with van der Waals surface area (Å²) in [6, 6.07) is 19.4. The monoisotopic (exact) mass is 372 g/mol. The van der Waals surface area contributed by atoms with Gasteiger partial charge in [0.1, 0.15) is 6.61 Å². The van der Waals surface area contributed by atoms with Crippen LogP contribution in [0.25, 0.3) is 11.1 Å². The Morgan fingerprint density at radius 1 is 1.04 bits per heavy atom. The second-order valence-corrected chi connectivity index (χ2v) is 6.32. The largest absolute Gasteiger partial charge is 0.449 e. The number of halogens is 1. The van der Waals surface area contributed by atoms with Crippen LogP contribution in [0.3, 0.4) is 0 Å². The molecule has 5 heteroatoms. The van der Waals surface area contributed by atoms with E-state index < -0.39 is 12.0 Å². The van der Waals surface area contributed by atoms with Gasteiger partial charge in [0, 0.05) is 12.1 Å². The molecule has 1 aromatic heterocycles. The lowest BCUT2D eigenvalue weighted by Gasteiger charge is -2.14. The molecule has 4 rings (SSSR count). The average molecular weight is 372 g/mol. The van der Waals surface area contributed by atoms with Crippen molar-refractivity contribution in [2.45, 2.75) is 5.92 Å². The molecule has 0 spiro atoms. The summed E-state index contributed by atoms with van der Waals surface area (Å²) in [5.41, 5.74) is 4.86. The van der Waals surface area contributed by atoms with Gasteiger partial charge in [0.25, 0.3) is 0 Å². The summed E-state index contributed by atoms with van der Waals surface area (Å²) in [5, 5.41) is 2.57. The first kappa shape index (κ1) is 17.7. The van der Waals surface area contributed by atoms with Crippen LogP contribution in [0.5, 0.6) is 0 Å². The van der Waals surface area contributed by atoms with Crippen LogP contribution in [0.15, 0.2) is 66.9 Å². The molecule has 0 radical (unpaired) electrons. The van der Waals surface area contributed by atoms with E-state index in [0.717, 1.165) is 11.1 Å². The predicted molar refractivity (Wildman–Crippen MR) is 104 cm³/mol. The minimum absolute atomic E-state index is 0.00808. The van der Waals surface area contributed by atoms with Crippen molar-refractivity contribution in [1.29, 1.82) is 0 Å². The zero-order chi connectivity index (χ0) is 19.3. The van der Waals surface area contributed by atoms with Crippen LogP contribution in [-0.2, 0) is 4.74 Å². The van der Waals surface area contributed by atoms with Crippen molar-refractivity contribution in [2.75, 3.05) is 13.2 Å². The lowest BCUT2D eigenvalue weighted by molar-refractivity contribution is 0.144. The second kappa shape index (κ2) is 7.93. The molecule has 1 amide bonds. The summed E-state index contributed by atoms with van der Waals surface area (Å²) < 4.78 is 18.8. The molecule has 0 bridgehead atoms. The first-order valence-corrected chi connectivity index (χ1v) is 8.92. The molecule has 0 saturated carbocycles. The van der Waals surface area contributed by atoms with Crippen LogP contribution in [0.2, 0.25) is 0 Å². The maximum absolute atomic E-state index is 13.4. The molecule has 0 aliphatic heterocycles. The molecule has 0 fully saturated rings. The van der Waals surface area contributed by atoms with Crippen LogP contribution in [-0.4, -0.2) is 24.2 Å². The molecule has 4 nitrogen and oxygen atoms in total. The number of hydrogen-bond donors (Lipinski definition) is 1. The predicted octanol–water partition coefficient (Wildman–Crippen LogP) is 4.11. The van der Waals surface area contributed by atoms with Crippen molar-refractivity contribution in [3.8, 4) is 23.0 Å². The highest BCUT2D eigenvalue weighted by atomic mass is 19.1. The van der Waals surface area contributed by atoms with E-state index in [1.807, 2.05) is 24.3 Å². The van der Waals surface area contributed by atoms with Gasteiger partial charge < -0.3 is 10.1 Å². The van der Waals surface area contributed by atoms with Crippen LogP contribution >= 0.6 is 0 Å². The average Bonchev–Trinajstić information content (AvgIpc) is 3.05. The number of carbonyl (C=O) groups excluding carboxylic acids is 1. The third kappa shape index (κ3) is 3.58. The van der Waals surface area contributed by atoms with Crippen molar-refractivity contribution < 1.29 is 13.9 Å². The van der Waals surface area contributed by atoms with Gasteiger partial charge in [-0.25, -0.2) is 9.78 Å². The molecule has 0 unspecified atom stereocenters. The third-order valence-electron chi connectivity index (χ3n) is 4.65. The first-order chi connectivity index (χ1) is 13.7. The Balaban J connectivity index is 1.36. The van der Waals surface area contributed by atoms with E-state index in [9.17, 15) is 9.18 Å². The van der Waals surface area contributed by atoms with Crippen LogP contribution in [0, 0.1) is 17.8 Å². The van der Waals surface area contributed by atoms with Gasteiger partial charge in [-0.1, -0.05) is 60.4 Å². The van der Waals surface area contributed by atoms with Crippen molar-refractivity contribution in [1.82, 2.24) is 10.3 Å². The molecule has 28 heavy (non-hydrogen) atoms. The summed E-state index contributed by atoms with van der Waals surface area (Å²) in [6.07, 6.45) is 0.804. The number of rotatable bonds is 3. The van der Waals surface area contributed by atoms with Crippen molar-refractivity contribution in [3.05, 3.63) is 89.5 Å². The van der Waals surface area contributed by atoms with Crippen molar-refractivity contribution in [3.63, 3.8) is 0 Å². The summed E-state index contributed by atoms with van der Waals surface area (Å²) >= 11 is 0. The molecule has 0 saturated heterocycles. The fourth-order valence-corrected chi connectivity index (χ4v) is 3.38. The van der Waals surface area contributed by atoms with E-state index in [-0.39, 0.29) is 24.6 Å². The van der Waals surface area contributed by atoms with E-state index in [4.69, 9.17) is 4.74 Å². The molecule has 3 aromatic rings. The van der Waals surface area contributed by atoms with Crippen molar-refractivity contribution >= 4 is 6.09 Å². The maximum atomic E-state index is 13.4. The SMILES string of the molecule is O=C(NCC#Cc1cccnc1F)OCC1c2ccccc2-c2ccccc21. The topological polar surface area (TPSA) is 51.2 Å². The maximum Gasteiger partial charge on any atom is 0.407 e. The molecule has 2 aromatic carbocycles. The summed E-state index contributed by atoms with van der Waals surface area (Å²) in [6.45, 7) is 0.301. The lowest BCUT2D eigenvalue weighted by Crippen LogP contribution is -2.26. The number of pyridine rings is 1. The Bertz CT molecular complexity index is 1040. The third-order valence-corrected chi connectivity index (χ3v) is 4.65. The number of alkyl carbamates (subject to hydrolysis) is 1. The quantitative estimate of drug-likeness (QED) is 0.556. The second-order valence-electron chi connectivity index (χ2n) is 6.32. The zero-order valence-corrected chi connectivity index (χ0v) is 15.0. The molecule has 1 aliphatic carbocycles. The van der Waals surface area contributed by atoms with E-state index >= 15 is 0 Å². The number of aromatic nitrogens is 1. The standard InChI is InChI=1S/C23H17FN2O2/c24-22-16(7-5-13-25-22)8-6-14-26-23(27)28-15-21-19-11-3-1-9-17(19)18-10-2-4-12-20(18)21/h1-5,7,9-13,21H,14-15H2,(H,26,27). The van der Waals surface area contributed by atoms with Gasteiger partial charge in [0.15, 0.2) is 0 Å². The molecule has 1 aliphatic rings. The van der Waals surface area contributed by atoms with Gasteiger partial charge in [-0.3, -0.25) is 0 Å². The number of benzene rings is 2. The zero-order valence-electron chi connectivity index (χ0n) is 15.0. The summed E-state index contributed by atoms with van der Waals surface area (Å²) in [4.78, 5) is 15.5. The van der Waals surface area contributed by atoms with E-state index in [2.05, 4.69) is 46.4 Å². The van der Waals surface area contributed by atoms with E-state index in [0.29, 0.717) is 0 Å². The number of hydrogen-bond acceptors (Lipinski definition) is 3. The Morgan fingerprint density at radius 2 is 1.71 bits per heavy atom. The highest BCUT2D eigenvalue weighted by Gasteiger charge is 2.28. The smallest absolute Gasteiger partial charge is 0.407 e. The van der Waals surface area contributed by atoms with Gasteiger partial charge in [-0.15, -0.1) is 0 Å². The van der Waals surface area contributed by atoms with Gasteiger partial charge in [-0.05, 0) is 34.4 Å². The Labute approximate surface area is 162 Å². The Kier molecular flexibility index (Phi) is 5.03. The normalized spacial score (nSPS) is 11.8. The van der Waals surface area contributed by atoms with Crippen LogP contribution in [0.1, 0.15) is 22.6 Å². The molecule has 0 atom stereocenters. The van der Waals surface area contributed by atoms with Gasteiger partial charge in [0.05, 0.1) is 12.1 Å². The highest BCUT2D eigenvalue weighted by molar-refractivity contribution is 5.79. The molecule has 138 valence electrons. The van der Waals surface area contributed by atoms with Crippen LogP contribution in [0.4, 0.5) is 9.18 Å². The molecular formula is C23H17FN2O2. The number of amides is 1. The number of nitrogens with zero attached hydrogens (tertiary/aromatic N) is 1. The highest BCUT2D eigenvalue weighted by Crippen LogP contribution is 2.44. The van der Waals surface area contributed by atoms with E-state index in [1.165, 1.54) is 23.4 Å². The lowest BCUT2D eigenvalue weighted by atomic mass is 9.98. The molecular weight excluding hydrogens is 355 g/mol. The number of carbonyl (C=O) groups is 1. The fourth-order valence-electron chi connectivity index (χ4n) is 3.38. The minimum Gasteiger partial charge on any atom is -0.449 e. The molecule has 1 heterocycles. The summed E-state index contributed by atoms with van der Waals surface area (Å²) in [5.74, 6) is 4.70. The van der Waals surface area contributed by atoms with Gasteiger partial charge in [0.2, 0.25) is 5.95 Å². The van der Waals surface area contributed by atoms with Crippen LogP contribution < -0.4 is 5.32 Å². The minimum atomic E-state index is -0.629. The summed E-state index contributed by atoms with van der Waals surface area (Å²) in [7, 11) is 0. The fraction of sp³-hybridized carbons (Fsp3) is 0.130. The van der Waals surface area contributed by atoms with Crippen molar-refractivity contribution in [2.24, 2.45) is 0 Å².